The molecule has 26 heavy (non-hydrogen) atoms. The lowest BCUT2D eigenvalue weighted by molar-refractivity contribution is 0.918. The average molecular weight is 342 g/mol. The molecule has 2 heteroatoms. The smallest absolute Gasteiger partial charge is 0.0791 e. The summed E-state index contributed by atoms with van der Waals surface area (Å²) in [5.74, 6) is 5.40. The third kappa shape index (κ3) is 4.50. The highest BCUT2D eigenvalue weighted by atomic mass is 15.1. The van der Waals surface area contributed by atoms with Crippen molar-refractivity contribution in [3.8, 4) is 24.7 Å². The molecule has 0 amide bonds. The van der Waals surface area contributed by atoms with Gasteiger partial charge in [-0.1, -0.05) is 42.7 Å². The summed E-state index contributed by atoms with van der Waals surface area (Å²) >= 11 is 0. The van der Waals surface area contributed by atoms with Crippen LogP contribution in [0.5, 0.6) is 0 Å². The number of anilines is 2. The summed E-state index contributed by atoms with van der Waals surface area (Å²) < 4.78 is 0. The first kappa shape index (κ1) is 19.2. The van der Waals surface area contributed by atoms with E-state index in [0.717, 1.165) is 41.2 Å². The first-order chi connectivity index (χ1) is 12.6. The van der Waals surface area contributed by atoms with Gasteiger partial charge in [-0.15, -0.1) is 12.8 Å². The normalized spacial score (nSPS) is 9.85. The molecule has 0 aliphatic heterocycles. The van der Waals surface area contributed by atoms with Crippen molar-refractivity contribution in [3.63, 3.8) is 0 Å². The predicted octanol–water partition coefficient (Wildman–Crippen LogP) is 4.67. The number of hydrogen-bond acceptors (Lipinski definition) is 2. The monoisotopic (exact) mass is 342 g/mol. The topological polar surface area (TPSA) is 6.48 Å². The molecule has 132 valence electrons. The van der Waals surface area contributed by atoms with E-state index in [1.165, 1.54) is 0 Å². The average Bonchev–Trinajstić information content (AvgIpc) is 2.70. The molecular weight excluding hydrogens is 316 g/mol. The van der Waals surface area contributed by atoms with Crippen LogP contribution in [0.2, 0.25) is 0 Å². The van der Waals surface area contributed by atoms with Gasteiger partial charge in [-0.25, -0.2) is 0 Å². The van der Waals surface area contributed by atoms with Gasteiger partial charge in [-0.2, -0.15) is 0 Å². The molecule has 2 nitrogen and oxygen atoms in total. The van der Waals surface area contributed by atoms with Crippen LogP contribution in [0.4, 0.5) is 11.4 Å². The van der Waals surface area contributed by atoms with Gasteiger partial charge in [0.15, 0.2) is 0 Å². The van der Waals surface area contributed by atoms with Crippen LogP contribution >= 0.6 is 0 Å². The van der Waals surface area contributed by atoms with Crippen LogP contribution in [-0.4, -0.2) is 26.2 Å². The van der Waals surface area contributed by atoms with Gasteiger partial charge < -0.3 is 9.80 Å². The fourth-order valence-electron chi connectivity index (χ4n) is 2.91. The van der Waals surface area contributed by atoms with Gasteiger partial charge >= 0.3 is 0 Å². The second kappa shape index (κ2) is 9.40. The minimum Gasteiger partial charge on any atom is -0.361 e. The van der Waals surface area contributed by atoms with Crippen LogP contribution < -0.4 is 9.80 Å². The number of terminal acetylenes is 2. The molecule has 0 saturated heterocycles. The third-order valence-electron chi connectivity index (χ3n) is 4.49. The molecular formula is C24H26N2. The summed E-state index contributed by atoms with van der Waals surface area (Å²) in [7, 11) is 0. The number of rotatable bonds is 8. The van der Waals surface area contributed by atoms with Crippen LogP contribution in [0.25, 0.3) is 5.57 Å². The van der Waals surface area contributed by atoms with Gasteiger partial charge in [0.1, 0.15) is 0 Å². The van der Waals surface area contributed by atoms with E-state index in [2.05, 4.69) is 90.6 Å². The first-order valence-corrected chi connectivity index (χ1v) is 8.91. The highest BCUT2D eigenvalue weighted by Gasteiger charge is 2.07. The van der Waals surface area contributed by atoms with Crippen molar-refractivity contribution in [1.82, 2.24) is 0 Å². The Morgan fingerprint density at radius 1 is 0.769 bits per heavy atom. The molecule has 0 heterocycles. The second-order valence-electron chi connectivity index (χ2n) is 6.01. The molecule has 0 bridgehead atoms. The van der Waals surface area contributed by atoms with E-state index in [0.29, 0.717) is 13.1 Å². The van der Waals surface area contributed by atoms with Gasteiger partial charge in [0.25, 0.3) is 0 Å². The Kier molecular flexibility index (Phi) is 6.95. The molecule has 2 rings (SSSR count). The van der Waals surface area contributed by atoms with Gasteiger partial charge in [-0.3, -0.25) is 0 Å². The Labute approximate surface area is 158 Å². The molecule has 0 aliphatic rings. The highest BCUT2D eigenvalue weighted by Crippen LogP contribution is 2.26. The molecule has 2 aromatic rings. The highest BCUT2D eigenvalue weighted by molar-refractivity contribution is 5.79. The van der Waals surface area contributed by atoms with Crippen LogP contribution in [0.3, 0.4) is 0 Å². The lowest BCUT2D eigenvalue weighted by atomic mass is 9.99. The largest absolute Gasteiger partial charge is 0.361 e. The van der Waals surface area contributed by atoms with Crippen molar-refractivity contribution >= 4 is 16.9 Å². The SMILES string of the molecule is C#CCN(CC)c1ccc(C(=C)c2ccc(N(CC)CC#C)cc2)cc1. The van der Waals surface area contributed by atoms with E-state index in [9.17, 15) is 0 Å². The molecule has 0 aromatic heterocycles. The number of nitrogens with zero attached hydrogens (tertiary/aromatic N) is 2. The molecule has 0 spiro atoms. The third-order valence-corrected chi connectivity index (χ3v) is 4.49. The quantitative estimate of drug-likeness (QED) is 0.643. The van der Waals surface area contributed by atoms with Crippen LogP contribution in [0.1, 0.15) is 25.0 Å². The van der Waals surface area contributed by atoms with Gasteiger partial charge in [-0.05, 0) is 54.8 Å². The molecule has 0 aliphatic carbocycles. The maximum Gasteiger partial charge on any atom is 0.0791 e. The standard InChI is InChI=1S/C24H26N2/c1-6-18-25(8-3)23-14-10-21(11-15-23)20(5)22-12-16-24(17-13-22)26(9-4)19-7-2/h1-2,10-17H,5,8-9,18-19H2,3-4H3. The Morgan fingerprint density at radius 2 is 1.12 bits per heavy atom. The molecule has 0 atom stereocenters. The Hall–Kier alpha value is -3.10. The van der Waals surface area contributed by atoms with E-state index in [1.807, 2.05) is 0 Å². The molecule has 0 fully saturated rings. The van der Waals surface area contributed by atoms with E-state index < -0.39 is 0 Å². The van der Waals surface area contributed by atoms with Gasteiger partial charge in [0.2, 0.25) is 0 Å². The van der Waals surface area contributed by atoms with E-state index in [1.54, 1.807) is 0 Å². The minimum absolute atomic E-state index is 0.615. The Morgan fingerprint density at radius 3 is 1.38 bits per heavy atom. The fraction of sp³-hybridized carbons (Fsp3) is 0.250. The van der Waals surface area contributed by atoms with Crippen LogP contribution in [0.15, 0.2) is 55.1 Å². The minimum atomic E-state index is 0.615. The molecule has 2 aromatic carbocycles. The summed E-state index contributed by atoms with van der Waals surface area (Å²) in [5, 5.41) is 0. The van der Waals surface area contributed by atoms with Crippen molar-refractivity contribution in [2.45, 2.75) is 13.8 Å². The maximum absolute atomic E-state index is 5.44. The van der Waals surface area contributed by atoms with E-state index in [4.69, 9.17) is 12.8 Å². The summed E-state index contributed by atoms with van der Waals surface area (Å²) in [6.45, 7) is 11.5. The zero-order valence-corrected chi connectivity index (χ0v) is 15.7. The van der Waals surface area contributed by atoms with Crippen molar-refractivity contribution in [1.29, 1.82) is 0 Å². The lowest BCUT2D eigenvalue weighted by Crippen LogP contribution is -2.22. The molecule has 0 unspecified atom stereocenters. The summed E-state index contributed by atoms with van der Waals surface area (Å²) in [5.41, 5.74) is 5.47. The summed E-state index contributed by atoms with van der Waals surface area (Å²) in [6.07, 6.45) is 10.9. The maximum atomic E-state index is 5.44. The van der Waals surface area contributed by atoms with Crippen LogP contribution in [0, 0.1) is 24.7 Å². The summed E-state index contributed by atoms with van der Waals surface area (Å²) in [6, 6.07) is 16.8. The van der Waals surface area contributed by atoms with Crippen molar-refractivity contribution in [3.05, 3.63) is 66.2 Å². The van der Waals surface area contributed by atoms with E-state index in [-0.39, 0.29) is 0 Å². The summed E-state index contributed by atoms with van der Waals surface area (Å²) in [4.78, 5) is 4.32. The predicted molar refractivity (Wildman–Crippen MR) is 114 cm³/mol. The first-order valence-electron chi connectivity index (χ1n) is 8.91. The van der Waals surface area contributed by atoms with Gasteiger partial charge in [0.05, 0.1) is 13.1 Å². The zero-order chi connectivity index (χ0) is 18.9. The van der Waals surface area contributed by atoms with Gasteiger partial charge in [0, 0.05) is 24.5 Å². The Bertz CT molecular complexity index is 732. The number of hydrogen-bond donors (Lipinski definition) is 0. The fourth-order valence-corrected chi connectivity index (χ4v) is 2.91. The van der Waals surface area contributed by atoms with E-state index >= 15 is 0 Å². The second-order valence-corrected chi connectivity index (χ2v) is 6.01. The van der Waals surface area contributed by atoms with Crippen molar-refractivity contribution in [2.75, 3.05) is 36.0 Å². The Balaban J connectivity index is 2.16. The van der Waals surface area contributed by atoms with Crippen LogP contribution in [-0.2, 0) is 0 Å². The molecule has 0 saturated carbocycles. The lowest BCUT2D eigenvalue weighted by Gasteiger charge is -2.21. The zero-order valence-electron chi connectivity index (χ0n) is 15.7. The van der Waals surface area contributed by atoms with Crippen molar-refractivity contribution < 1.29 is 0 Å². The van der Waals surface area contributed by atoms with Crippen molar-refractivity contribution in [2.24, 2.45) is 0 Å². The molecule has 0 radical (unpaired) electrons. The number of benzene rings is 2. The molecule has 0 N–H and O–H groups in total.